The number of hydrogen-bond acceptors (Lipinski definition) is 1. The molecular formula is C10H10Cl2N2. The molecule has 4 heteroatoms. The van der Waals surface area contributed by atoms with Crippen LogP contribution in [-0.2, 0) is 6.42 Å². The number of aromatic nitrogens is 1. The van der Waals surface area contributed by atoms with Gasteiger partial charge in [0.1, 0.15) is 0 Å². The third-order valence-corrected chi connectivity index (χ3v) is 2.73. The van der Waals surface area contributed by atoms with Crippen LogP contribution in [0.4, 0.5) is 0 Å². The summed E-state index contributed by atoms with van der Waals surface area (Å²) in [4.78, 5) is 0. The summed E-state index contributed by atoms with van der Waals surface area (Å²) in [5.74, 6) is 0. The molecule has 0 unspecified atom stereocenters. The summed E-state index contributed by atoms with van der Waals surface area (Å²) in [5, 5.41) is 1.80. The highest BCUT2D eigenvalue weighted by Gasteiger charge is 2.06. The zero-order chi connectivity index (χ0) is 10.1. The van der Waals surface area contributed by atoms with Gasteiger partial charge in [-0.05, 0) is 36.7 Å². The highest BCUT2D eigenvalue weighted by Crippen LogP contribution is 2.25. The molecule has 0 spiro atoms. The molecule has 2 rings (SSSR count). The molecule has 2 aromatic rings. The molecule has 2 N–H and O–H groups in total. The Kier molecular flexibility index (Phi) is 2.68. The van der Waals surface area contributed by atoms with E-state index in [1.807, 2.05) is 24.4 Å². The standard InChI is InChI=1S/C10H10Cl2N2/c11-8-1-2-10-9(5-8)7(3-4-13)6-14(10)12/h1-2,5-6H,3-4,13H2. The lowest BCUT2D eigenvalue weighted by Crippen LogP contribution is -2.01. The van der Waals surface area contributed by atoms with Crippen LogP contribution < -0.4 is 5.73 Å². The van der Waals surface area contributed by atoms with Crippen LogP contribution in [0.3, 0.4) is 0 Å². The quantitative estimate of drug-likeness (QED) is 0.843. The van der Waals surface area contributed by atoms with Crippen LogP contribution in [0.2, 0.25) is 5.02 Å². The van der Waals surface area contributed by atoms with Gasteiger partial charge in [-0.15, -0.1) is 0 Å². The van der Waals surface area contributed by atoms with Crippen molar-refractivity contribution in [2.45, 2.75) is 6.42 Å². The van der Waals surface area contributed by atoms with Gasteiger partial charge >= 0.3 is 0 Å². The Morgan fingerprint density at radius 3 is 2.86 bits per heavy atom. The fourth-order valence-corrected chi connectivity index (χ4v) is 2.02. The topological polar surface area (TPSA) is 30.9 Å². The molecule has 0 aliphatic heterocycles. The van der Waals surface area contributed by atoms with Crippen LogP contribution in [-0.4, -0.2) is 10.6 Å². The van der Waals surface area contributed by atoms with Gasteiger partial charge in [0.25, 0.3) is 0 Å². The molecule has 0 saturated carbocycles. The van der Waals surface area contributed by atoms with Crippen LogP contribution in [0.25, 0.3) is 10.9 Å². The van der Waals surface area contributed by atoms with E-state index in [1.165, 1.54) is 0 Å². The maximum absolute atomic E-state index is 6.00. The second kappa shape index (κ2) is 3.81. The van der Waals surface area contributed by atoms with Gasteiger partial charge in [0.2, 0.25) is 0 Å². The first-order valence-corrected chi connectivity index (χ1v) is 5.09. The minimum Gasteiger partial charge on any atom is -0.330 e. The fourth-order valence-electron chi connectivity index (χ4n) is 1.58. The molecule has 1 aromatic carbocycles. The average molecular weight is 229 g/mol. The molecule has 2 nitrogen and oxygen atoms in total. The minimum absolute atomic E-state index is 0.614. The number of fused-ring (bicyclic) bond motifs is 1. The predicted molar refractivity (Wildman–Crippen MR) is 61.0 cm³/mol. The average Bonchev–Trinajstić information content (AvgIpc) is 2.44. The van der Waals surface area contributed by atoms with Gasteiger partial charge in [-0.1, -0.05) is 11.6 Å². The number of rotatable bonds is 2. The monoisotopic (exact) mass is 228 g/mol. The number of hydrogen-bond donors (Lipinski definition) is 1. The largest absolute Gasteiger partial charge is 0.330 e. The third kappa shape index (κ3) is 1.61. The molecule has 0 atom stereocenters. The number of benzene rings is 1. The van der Waals surface area contributed by atoms with Crippen molar-refractivity contribution in [3.05, 3.63) is 35.0 Å². The molecule has 0 aliphatic carbocycles. The van der Waals surface area contributed by atoms with Crippen LogP contribution in [0.15, 0.2) is 24.4 Å². The highest BCUT2D eigenvalue weighted by atomic mass is 35.5. The van der Waals surface area contributed by atoms with Crippen molar-refractivity contribution in [3.8, 4) is 0 Å². The summed E-state index contributed by atoms with van der Waals surface area (Å²) < 4.78 is 1.58. The Labute approximate surface area is 92.3 Å². The van der Waals surface area contributed by atoms with Crippen molar-refractivity contribution in [2.75, 3.05) is 6.54 Å². The Balaban J connectivity index is 2.66. The molecule has 0 amide bonds. The van der Waals surface area contributed by atoms with Gasteiger partial charge in [0, 0.05) is 28.4 Å². The molecule has 0 fully saturated rings. The van der Waals surface area contributed by atoms with Gasteiger partial charge in [0.15, 0.2) is 0 Å². The summed E-state index contributed by atoms with van der Waals surface area (Å²) in [6, 6.07) is 5.65. The minimum atomic E-state index is 0.614. The van der Waals surface area contributed by atoms with E-state index in [4.69, 9.17) is 29.1 Å². The van der Waals surface area contributed by atoms with E-state index in [0.717, 1.165) is 27.9 Å². The van der Waals surface area contributed by atoms with Gasteiger partial charge in [-0.3, -0.25) is 4.09 Å². The van der Waals surface area contributed by atoms with E-state index < -0.39 is 0 Å². The zero-order valence-electron chi connectivity index (χ0n) is 7.50. The van der Waals surface area contributed by atoms with Crippen molar-refractivity contribution >= 4 is 34.3 Å². The molecule has 14 heavy (non-hydrogen) atoms. The normalized spacial score (nSPS) is 11.1. The van der Waals surface area contributed by atoms with Crippen molar-refractivity contribution in [3.63, 3.8) is 0 Å². The molecule has 74 valence electrons. The molecule has 1 aromatic heterocycles. The second-order valence-corrected chi connectivity index (χ2v) is 3.97. The molecule has 0 radical (unpaired) electrons. The van der Waals surface area contributed by atoms with Crippen molar-refractivity contribution in [1.82, 2.24) is 4.09 Å². The molecular weight excluding hydrogens is 219 g/mol. The van der Waals surface area contributed by atoms with E-state index in [0.29, 0.717) is 6.54 Å². The third-order valence-electron chi connectivity index (χ3n) is 2.22. The van der Waals surface area contributed by atoms with Gasteiger partial charge < -0.3 is 5.73 Å². The van der Waals surface area contributed by atoms with Crippen LogP contribution in [0.5, 0.6) is 0 Å². The van der Waals surface area contributed by atoms with Crippen molar-refractivity contribution in [1.29, 1.82) is 0 Å². The predicted octanol–water partition coefficient (Wildman–Crippen LogP) is 2.80. The lowest BCUT2D eigenvalue weighted by Gasteiger charge is -1.96. The van der Waals surface area contributed by atoms with E-state index in [-0.39, 0.29) is 0 Å². The van der Waals surface area contributed by atoms with E-state index in [2.05, 4.69) is 0 Å². The summed E-state index contributed by atoms with van der Waals surface area (Å²) in [6.45, 7) is 0.614. The van der Waals surface area contributed by atoms with Crippen LogP contribution >= 0.6 is 23.4 Å². The Morgan fingerprint density at radius 1 is 1.36 bits per heavy atom. The smallest absolute Gasteiger partial charge is 0.0651 e. The van der Waals surface area contributed by atoms with Crippen molar-refractivity contribution < 1.29 is 0 Å². The first-order valence-electron chi connectivity index (χ1n) is 4.38. The van der Waals surface area contributed by atoms with E-state index in [1.54, 1.807) is 4.09 Å². The first-order chi connectivity index (χ1) is 6.72. The second-order valence-electron chi connectivity index (χ2n) is 3.17. The molecule has 0 bridgehead atoms. The molecule has 1 heterocycles. The summed E-state index contributed by atoms with van der Waals surface area (Å²) >= 11 is 11.9. The maximum Gasteiger partial charge on any atom is 0.0651 e. The van der Waals surface area contributed by atoms with Crippen LogP contribution in [0, 0.1) is 0 Å². The van der Waals surface area contributed by atoms with Gasteiger partial charge in [0.05, 0.1) is 5.52 Å². The molecule has 0 aliphatic rings. The summed E-state index contributed by atoms with van der Waals surface area (Å²) in [7, 11) is 0. The van der Waals surface area contributed by atoms with Crippen LogP contribution in [0.1, 0.15) is 5.56 Å². The SMILES string of the molecule is NCCc1cn(Cl)c2ccc(Cl)cc12. The fraction of sp³-hybridized carbons (Fsp3) is 0.200. The number of nitrogens with two attached hydrogens (primary N) is 1. The maximum atomic E-state index is 6.00. The highest BCUT2D eigenvalue weighted by molar-refractivity contribution is 6.31. The summed E-state index contributed by atoms with van der Waals surface area (Å²) in [6.07, 6.45) is 2.70. The number of halogens is 2. The molecule has 0 saturated heterocycles. The number of nitrogens with zero attached hydrogens (tertiary/aromatic N) is 1. The Hall–Kier alpha value is -0.700. The van der Waals surface area contributed by atoms with E-state index >= 15 is 0 Å². The Bertz CT molecular complexity index is 462. The lowest BCUT2D eigenvalue weighted by atomic mass is 10.1. The Morgan fingerprint density at radius 2 is 2.14 bits per heavy atom. The van der Waals surface area contributed by atoms with E-state index in [9.17, 15) is 0 Å². The summed E-state index contributed by atoms with van der Waals surface area (Å²) in [5.41, 5.74) is 7.62. The first kappa shape index (κ1) is 9.84. The van der Waals surface area contributed by atoms with Gasteiger partial charge in [-0.25, -0.2) is 0 Å². The van der Waals surface area contributed by atoms with Gasteiger partial charge in [-0.2, -0.15) is 0 Å². The van der Waals surface area contributed by atoms with Crippen molar-refractivity contribution in [2.24, 2.45) is 5.73 Å². The zero-order valence-corrected chi connectivity index (χ0v) is 9.02. The lowest BCUT2D eigenvalue weighted by molar-refractivity contribution is 0.974.